The Hall–Kier alpha value is -3.23. The molecule has 3 atom stereocenters. The van der Waals surface area contributed by atoms with E-state index in [0.717, 1.165) is 17.7 Å². The van der Waals surface area contributed by atoms with Crippen molar-refractivity contribution in [2.75, 3.05) is 0 Å². The molecule has 162 valence electrons. The van der Waals surface area contributed by atoms with Crippen molar-refractivity contribution in [1.82, 2.24) is 5.48 Å². The Balaban J connectivity index is 1.66. The van der Waals surface area contributed by atoms with E-state index in [0.29, 0.717) is 11.3 Å². The molecule has 1 N–H and O–H groups in total. The number of benzene rings is 2. The van der Waals surface area contributed by atoms with Crippen molar-refractivity contribution in [2.45, 2.75) is 46.3 Å². The van der Waals surface area contributed by atoms with Gasteiger partial charge in [0.25, 0.3) is 0 Å². The topological polar surface area (TPSA) is 56.8 Å². The zero-order valence-electron chi connectivity index (χ0n) is 18.4. The summed E-state index contributed by atoms with van der Waals surface area (Å²) in [7, 11) is 0. The number of ether oxygens (including phenoxy) is 2. The first-order valence-electron chi connectivity index (χ1n) is 10.5. The SMILES string of the molecule is C#CC(OC(=O)[C@@H]1C(=CNOC(C)CC)C1(C)C)c1cccc(Oc2ccccc2)c1. The number of rotatable bonds is 9. The maximum Gasteiger partial charge on any atom is 0.315 e. The van der Waals surface area contributed by atoms with Gasteiger partial charge in [-0.05, 0) is 43.2 Å². The number of terminal acetylenes is 1. The van der Waals surface area contributed by atoms with Crippen molar-refractivity contribution >= 4 is 5.97 Å². The molecule has 5 nitrogen and oxygen atoms in total. The lowest BCUT2D eigenvalue weighted by Crippen LogP contribution is -2.16. The molecule has 0 saturated heterocycles. The highest BCUT2D eigenvalue weighted by Crippen LogP contribution is 2.58. The normalized spacial score (nSPS) is 19.7. The number of para-hydroxylation sites is 1. The third-order valence-corrected chi connectivity index (χ3v) is 5.51. The monoisotopic (exact) mass is 419 g/mol. The Labute approximate surface area is 184 Å². The van der Waals surface area contributed by atoms with Crippen LogP contribution in [0, 0.1) is 23.7 Å². The summed E-state index contributed by atoms with van der Waals surface area (Å²) in [5.41, 5.74) is 4.15. The minimum atomic E-state index is -0.797. The Morgan fingerprint density at radius 2 is 1.90 bits per heavy atom. The number of carbonyl (C=O) groups excluding carboxylic acids is 1. The summed E-state index contributed by atoms with van der Waals surface area (Å²) in [5, 5.41) is 0. The lowest BCUT2D eigenvalue weighted by atomic mass is 10.1. The van der Waals surface area contributed by atoms with Crippen LogP contribution in [0.15, 0.2) is 66.4 Å². The van der Waals surface area contributed by atoms with Crippen molar-refractivity contribution in [3.05, 3.63) is 71.9 Å². The van der Waals surface area contributed by atoms with Crippen LogP contribution in [0.3, 0.4) is 0 Å². The van der Waals surface area contributed by atoms with Crippen LogP contribution in [0.5, 0.6) is 11.5 Å². The molecule has 0 radical (unpaired) electrons. The van der Waals surface area contributed by atoms with E-state index in [1.54, 1.807) is 12.3 Å². The first kappa shape index (κ1) is 22.5. The quantitative estimate of drug-likeness (QED) is 0.328. The van der Waals surface area contributed by atoms with Gasteiger partial charge in [-0.15, -0.1) is 6.42 Å². The van der Waals surface area contributed by atoms with Crippen molar-refractivity contribution in [2.24, 2.45) is 11.3 Å². The van der Waals surface area contributed by atoms with Gasteiger partial charge in [0.1, 0.15) is 11.5 Å². The van der Waals surface area contributed by atoms with Crippen LogP contribution >= 0.6 is 0 Å². The summed E-state index contributed by atoms with van der Waals surface area (Å²) in [5.74, 6) is 3.21. The second kappa shape index (κ2) is 9.72. The number of esters is 1. The van der Waals surface area contributed by atoms with Crippen molar-refractivity contribution in [3.63, 3.8) is 0 Å². The average Bonchev–Trinajstić information content (AvgIpc) is 3.32. The third kappa shape index (κ3) is 5.48. The van der Waals surface area contributed by atoms with E-state index < -0.39 is 6.10 Å². The Morgan fingerprint density at radius 3 is 2.58 bits per heavy atom. The standard InChI is InChI=1S/C26H29NO4/c1-6-18(3)31-27-17-22-24(26(22,4)5)25(28)30-23(7-2)19-12-11-15-21(16-19)29-20-13-9-8-10-14-20/h2,8-18,23-24,27H,6H2,1,3-5H3/t18?,23?,24-/m0/s1. The van der Waals surface area contributed by atoms with E-state index in [9.17, 15) is 4.79 Å². The Morgan fingerprint density at radius 1 is 1.19 bits per heavy atom. The summed E-state index contributed by atoms with van der Waals surface area (Å²) < 4.78 is 11.6. The van der Waals surface area contributed by atoms with Gasteiger partial charge in [0.2, 0.25) is 0 Å². The van der Waals surface area contributed by atoms with E-state index in [1.165, 1.54) is 0 Å². The van der Waals surface area contributed by atoms with Crippen LogP contribution in [-0.4, -0.2) is 12.1 Å². The number of hydrogen-bond donors (Lipinski definition) is 1. The Kier molecular flexibility index (Phi) is 7.04. The molecule has 0 amide bonds. The van der Waals surface area contributed by atoms with Gasteiger partial charge in [-0.3, -0.25) is 15.1 Å². The van der Waals surface area contributed by atoms with Gasteiger partial charge in [0.05, 0.1) is 12.0 Å². The third-order valence-electron chi connectivity index (χ3n) is 5.51. The largest absolute Gasteiger partial charge is 0.457 e. The van der Waals surface area contributed by atoms with Gasteiger partial charge in [-0.25, -0.2) is 0 Å². The van der Waals surface area contributed by atoms with Gasteiger partial charge < -0.3 is 9.47 Å². The van der Waals surface area contributed by atoms with Gasteiger partial charge in [-0.2, -0.15) is 0 Å². The number of hydrogen-bond acceptors (Lipinski definition) is 5. The molecule has 31 heavy (non-hydrogen) atoms. The first-order valence-corrected chi connectivity index (χ1v) is 10.5. The second-order valence-corrected chi connectivity index (χ2v) is 8.18. The molecular formula is C26H29NO4. The summed E-state index contributed by atoms with van der Waals surface area (Å²) in [6.45, 7) is 8.01. The number of hydroxylamine groups is 1. The van der Waals surface area contributed by atoms with Crippen LogP contribution in [-0.2, 0) is 14.4 Å². The van der Waals surface area contributed by atoms with Gasteiger partial charge in [0, 0.05) is 17.2 Å². The summed E-state index contributed by atoms with van der Waals surface area (Å²) in [4.78, 5) is 18.3. The van der Waals surface area contributed by atoms with Crippen molar-refractivity contribution in [3.8, 4) is 23.8 Å². The number of carbonyl (C=O) groups is 1. The maximum atomic E-state index is 12.8. The average molecular weight is 420 g/mol. The van der Waals surface area contributed by atoms with Crippen LogP contribution in [0.2, 0.25) is 0 Å². The minimum absolute atomic E-state index is 0.0836. The fourth-order valence-corrected chi connectivity index (χ4v) is 3.32. The maximum absolute atomic E-state index is 12.8. The molecule has 0 aliphatic heterocycles. The predicted octanol–water partition coefficient (Wildman–Crippen LogP) is 5.56. The summed E-state index contributed by atoms with van der Waals surface area (Å²) >= 11 is 0. The van der Waals surface area contributed by atoms with E-state index in [-0.39, 0.29) is 23.4 Å². The van der Waals surface area contributed by atoms with Crippen LogP contribution in [0.1, 0.15) is 45.8 Å². The van der Waals surface area contributed by atoms with Crippen molar-refractivity contribution < 1.29 is 19.1 Å². The highest BCUT2D eigenvalue weighted by Gasteiger charge is 2.58. The first-order chi connectivity index (χ1) is 14.9. The summed E-state index contributed by atoms with van der Waals surface area (Å²) in [6.07, 6.45) is 7.62. The molecule has 1 aliphatic carbocycles. The molecule has 0 spiro atoms. The lowest BCUT2D eigenvalue weighted by molar-refractivity contribution is -0.148. The molecule has 1 aliphatic rings. The van der Waals surface area contributed by atoms with Gasteiger partial charge >= 0.3 is 5.97 Å². The smallest absolute Gasteiger partial charge is 0.315 e. The molecule has 1 fully saturated rings. The molecule has 3 rings (SSSR count). The fraction of sp³-hybridized carbons (Fsp3) is 0.346. The highest BCUT2D eigenvalue weighted by atomic mass is 16.7. The van der Waals surface area contributed by atoms with Gasteiger partial charge in [-0.1, -0.05) is 57.0 Å². The van der Waals surface area contributed by atoms with Crippen LogP contribution < -0.4 is 10.2 Å². The molecule has 2 unspecified atom stereocenters. The highest BCUT2D eigenvalue weighted by molar-refractivity contribution is 5.84. The minimum Gasteiger partial charge on any atom is -0.457 e. The van der Waals surface area contributed by atoms with Gasteiger partial charge in [0.15, 0.2) is 6.10 Å². The zero-order chi connectivity index (χ0) is 22.4. The molecule has 0 aromatic heterocycles. The van der Waals surface area contributed by atoms with E-state index >= 15 is 0 Å². The lowest BCUT2D eigenvalue weighted by Gasteiger charge is -2.14. The van der Waals surface area contributed by atoms with Crippen molar-refractivity contribution in [1.29, 1.82) is 0 Å². The fourth-order valence-electron chi connectivity index (χ4n) is 3.32. The zero-order valence-corrected chi connectivity index (χ0v) is 18.4. The molecule has 0 bridgehead atoms. The van der Waals surface area contributed by atoms with E-state index in [2.05, 4.69) is 11.4 Å². The summed E-state index contributed by atoms with van der Waals surface area (Å²) in [6, 6.07) is 16.7. The number of nitrogens with one attached hydrogen (secondary N) is 1. The van der Waals surface area contributed by atoms with E-state index in [1.807, 2.05) is 76.2 Å². The molecule has 0 heterocycles. The molecule has 2 aromatic carbocycles. The molecular weight excluding hydrogens is 390 g/mol. The Bertz CT molecular complexity index is 974. The van der Waals surface area contributed by atoms with Crippen LogP contribution in [0.4, 0.5) is 0 Å². The molecule has 5 heteroatoms. The molecule has 2 aromatic rings. The molecule has 1 saturated carbocycles. The van der Waals surface area contributed by atoms with Crippen LogP contribution in [0.25, 0.3) is 0 Å². The van der Waals surface area contributed by atoms with E-state index in [4.69, 9.17) is 20.7 Å². The predicted molar refractivity (Wildman–Crippen MR) is 120 cm³/mol. The second-order valence-electron chi connectivity index (χ2n) is 8.18.